The predicted molar refractivity (Wildman–Crippen MR) is 124 cm³/mol. The van der Waals surface area contributed by atoms with Crippen LogP contribution in [0.2, 0.25) is 0 Å². The van der Waals surface area contributed by atoms with Crippen LogP contribution in [0.1, 0.15) is 18.4 Å². The smallest absolute Gasteiger partial charge is 0.243 e. The number of sulfonamides is 1. The number of ether oxygens (including phenoxy) is 2. The van der Waals surface area contributed by atoms with Crippen LogP contribution in [0.25, 0.3) is 0 Å². The van der Waals surface area contributed by atoms with Gasteiger partial charge in [-0.3, -0.25) is 4.99 Å². The molecule has 2 aliphatic rings. The van der Waals surface area contributed by atoms with Gasteiger partial charge in [0.25, 0.3) is 0 Å². The summed E-state index contributed by atoms with van der Waals surface area (Å²) in [5, 5.41) is 0.905. The molecule has 0 aliphatic carbocycles. The Labute approximate surface area is 187 Å². The number of nitrogens with zero attached hydrogens (tertiary/aromatic N) is 3. The maximum atomic E-state index is 13.2. The van der Waals surface area contributed by atoms with Crippen LogP contribution in [0.15, 0.2) is 63.4 Å². The Morgan fingerprint density at radius 2 is 1.65 bits per heavy atom. The number of rotatable bonds is 5. The first-order valence-corrected chi connectivity index (χ1v) is 12.6. The molecule has 2 heterocycles. The van der Waals surface area contributed by atoms with Crippen LogP contribution in [0, 0.1) is 0 Å². The molecule has 2 aromatic carbocycles. The van der Waals surface area contributed by atoms with Crippen LogP contribution in [0.3, 0.4) is 0 Å². The molecule has 0 bridgehead atoms. The highest BCUT2D eigenvalue weighted by atomic mass is 32.2. The topological polar surface area (TPSA) is 80.6 Å². The van der Waals surface area contributed by atoms with Gasteiger partial charge >= 0.3 is 0 Å². The molecule has 0 atom stereocenters. The van der Waals surface area contributed by atoms with Crippen LogP contribution in [0.5, 0.6) is 11.5 Å². The van der Waals surface area contributed by atoms with Gasteiger partial charge in [0.2, 0.25) is 10.0 Å². The highest BCUT2D eigenvalue weighted by Crippen LogP contribution is 2.37. The lowest BCUT2D eigenvalue weighted by Crippen LogP contribution is -2.44. The van der Waals surface area contributed by atoms with E-state index in [4.69, 9.17) is 19.5 Å². The van der Waals surface area contributed by atoms with E-state index in [9.17, 15) is 8.42 Å². The van der Waals surface area contributed by atoms with Gasteiger partial charge in [-0.05, 0) is 18.4 Å². The van der Waals surface area contributed by atoms with Crippen molar-refractivity contribution >= 4 is 32.5 Å². The maximum absolute atomic E-state index is 13.2. The van der Waals surface area contributed by atoms with Gasteiger partial charge in [0.1, 0.15) is 5.04 Å². The van der Waals surface area contributed by atoms with E-state index >= 15 is 0 Å². The first kappa shape index (κ1) is 21.9. The lowest BCUT2D eigenvalue weighted by Gasteiger charge is -2.34. The van der Waals surface area contributed by atoms with Gasteiger partial charge in [0.05, 0.1) is 24.8 Å². The van der Waals surface area contributed by atoms with Gasteiger partial charge < -0.3 is 9.47 Å². The molecule has 0 radical (unpaired) electrons. The molecule has 0 unspecified atom stereocenters. The Morgan fingerprint density at radius 3 is 2.26 bits per heavy atom. The Bertz CT molecular complexity index is 1120. The average molecular weight is 460 g/mol. The fourth-order valence-electron chi connectivity index (χ4n) is 3.88. The van der Waals surface area contributed by atoms with Crippen molar-refractivity contribution in [3.63, 3.8) is 0 Å². The van der Waals surface area contributed by atoms with E-state index in [0.717, 1.165) is 16.3 Å². The average Bonchev–Trinajstić information content (AvgIpc) is 3.17. The lowest BCUT2D eigenvalue weighted by molar-refractivity contribution is 0.249. The minimum absolute atomic E-state index is 0.189. The molecule has 9 heteroatoms. The number of methoxy groups -OCH3 is 2. The highest BCUT2D eigenvalue weighted by molar-refractivity contribution is 8.15. The summed E-state index contributed by atoms with van der Waals surface area (Å²) < 4.78 is 38.4. The fourth-order valence-corrected chi connectivity index (χ4v) is 5.96. The summed E-state index contributed by atoms with van der Waals surface area (Å²) in [5.74, 6) is 0.880. The van der Waals surface area contributed by atoms with Gasteiger partial charge in [0.15, 0.2) is 17.2 Å². The van der Waals surface area contributed by atoms with Gasteiger partial charge in [-0.2, -0.15) is 4.31 Å². The van der Waals surface area contributed by atoms with Crippen LogP contribution < -0.4 is 9.47 Å². The number of benzene rings is 2. The standard InChI is InChI=1S/C22H25N3O4S2/c1-28-18-10-9-17(15-19(18)29-2)31(26,27)25-13-11-22(12-14-25)23-20(21(24-22)30-3)16-7-5-4-6-8-16/h4-10,15H,11-14H2,1-3H3. The first-order valence-electron chi connectivity index (χ1n) is 9.94. The summed E-state index contributed by atoms with van der Waals surface area (Å²) in [6, 6.07) is 14.7. The Morgan fingerprint density at radius 1 is 0.968 bits per heavy atom. The zero-order valence-corrected chi connectivity index (χ0v) is 19.4. The first-order chi connectivity index (χ1) is 14.9. The predicted octanol–water partition coefficient (Wildman–Crippen LogP) is 3.45. The van der Waals surface area contributed by atoms with Crippen molar-refractivity contribution in [1.29, 1.82) is 0 Å². The minimum Gasteiger partial charge on any atom is -0.493 e. The molecule has 31 heavy (non-hydrogen) atoms. The molecule has 7 nitrogen and oxygen atoms in total. The summed E-state index contributed by atoms with van der Waals surface area (Å²) in [6.07, 6.45) is 3.08. The maximum Gasteiger partial charge on any atom is 0.243 e. The summed E-state index contributed by atoms with van der Waals surface area (Å²) in [5.41, 5.74) is 1.34. The van der Waals surface area contributed by atoms with E-state index < -0.39 is 15.7 Å². The monoisotopic (exact) mass is 459 g/mol. The Balaban J connectivity index is 1.56. The van der Waals surface area contributed by atoms with Crippen LogP contribution in [0.4, 0.5) is 0 Å². The highest BCUT2D eigenvalue weighted by Gasteiger charge is 2.42. The van der Waals surface area contributed by atoms with E-state index in [2.05, 4.69) is 0 Å². The van der Waals surface area contributed by atoms with Gasteiger partial charge in [-0.1, -0.05) is 30.3 Å². The number of thioether (sulfide) groups is 1. The second-order valence-corrected chi connectivity index (χ2v) is 10.1. The molecule has 1 saturated heterocycles. The van der Waals surface area contributed by atoms with Crippen molar-refractivity contribution in [3.8, 4) is 11.5 Å². The second kappa shape index (κ2) is 8.64. The molecule has 0 aromatic heterocycles. The van der Waals surface area contributed by atoms with Gasteiger partial charge in [0, 0.05) is 37.6 Å². The molecular formula is C22H25N3O4S2. The third kappa shape index (κ3) is 4.09. The molecule has 0 N–H and O–H groups in total. The van der Waals surface area contributed by atoms with Crippen LogP contribution in [-0.2, 0) is 10.0 Å². The van der Waals surface area contributed by atoms with Gasteiger partial charge in [-0.25, -0.2) is 13.4 Å². The van der Waals surface area contributed by atoms with Crippen molar-refractivity contribution in [2.24, 2.45) is 9.98 Å². The molecule has 2 aromatic rings. The molecule has 0 saturated carbocycles. The third-order valence-corrected chi connectivity index (χ3v) is 8.15. The largest absolute Gasteiger partial charge is 0.493 e. The van der Waals surface area contributed by atoms with E-state index in [0.29, 0.717) is 37.4 Å². The third-order valence-electron chi connectivity index (χ3n) is 5.59. The molecule has 2 aliphatic heterocycles. The van der Waals surface area contributed by atoms with Crippen molar-refractivity contribution in [2.75, 3.05) is 33.6 Å². The van der Waals surface area contributed by atoms with E-state index in [1.165, 1.54) is 24.6 Å². The Kier molecular flexibility index (Phi) is 6.09. The summed E-state index contributed by atoms with van der Waals surface area (Å²) in [4.78, 5) is 10.1. The minimum atomic E-state index is -3.65. The summed E-state index contributed by atoms with van der Waals surface area (Å²) in [6.45, 7) is 0.709. The number of piperidine rings is 1. The number of aliphatic imine (C=N–C) groups is 2. The van der Waals surface area contributed by atoms with Crippen LogP contribution >= 0.6 is 11.8 Å². The van der Waals surface area contributed by atoms with E-state index in [-0.39, 0.29) is 4.90 Å². The van der Waals surface area contributed by atoms with E-state index in [1.807, 2.05) is 36.6 Å². The number of hydrogen-bond acceptors (Lipinski definition) is 7. The quantitative estimate of drug-likeness (QED) is 0.684. The summed E-state index contributed by atoms with van der Waals surface area (Å²) in [7, 11) is -0.647. The number of hydrogen-bond donors (Lipinski definition) is 0. The molecular weight excluding hydrogens is 434 g/mol. The SMILES string of the molecule is COc1ccc(S(=O)(=O)N2CCC3(CC2)N=C(SC)C(c2ccccc2)=N3)cc1OC. The molecule has 1 fully saturated rings. The van der Waals surface area contributed by atoms with Crippen molar-refractivity contribution < 1.29 is 17.9 Å². The normalized spacial score (nSPS) is 18.5. The lowest BCUT2D eigenvalue weighted by atomic mass is 10.00. The second-order valence-electron chi connectivity index (χ2n) is 7.35. The molecule has 4 rings (SSSR count). The van der Waals surface area contributed by atoms with Crippen molar-refractivity contribution in [1.82, 2.24) is 4.31 Å². The zero-order valence-electron chi connectivity index (χ0n) is 17.7. The molecule has 1 spiro atoms. The van der Waals surface area contributed by atoms with Gasteiger partial charge in [-0.15, -0.1) is 11.8 Å². The summed E-state index contributed by atoms with van der Waals surface area (Å²) >= 11 is 1.58. The zero-order chi connectivity index (χ0) is 22.1. The molecule has 164 valence electrons. The molecule has 0 amide bonds. The van der Waals surface area contributed by atoms with E-state index in [1.54, 1.807) is 23.9 Å². The van der Waals surface area contributed by atoms with Crippen molar-refractivity contribution in [2.45, 2.75) is 23.4 Å². The fraction of sp³-hybridized carbons (Fsp3) is 0.364. The Hall–Kier alpha value is -2.36. The van der Waals surface area contributed by atoms with Crippen molar-refractivity contribution in [3.05, 3.63) is 54.1 Å². The van der Waals surface area contributed by atoms with Crippen LogP contribution in [-0.4, -0.2) is 62.7 Å².